The summed E-state index contributed by atoms with van der Waals surface area (Å²) in [5, 5.41) is 2.57. The fourth-order valence-corrected chi connectivity index (χ4v) is 3.00. The molecule has 0 atom stereocenters. The van der Waals surface area contributed by atoms with Crippen LogP contribution in [0.2, 0.25) is 0 Å². The van der Waals surface area contributed by atoms with Crippen molar-refractivity contribution in [2.24, 2.45) is 0 Å². The maximum Gasteiger partial charge on any atom is 0.0507 e. The Kier molecular flexibility index (Phi) is 3.85. The minimum Gasteiger partial charge on any atom is -0.259 e. The fraction of sp³-hybridized carbons (Fsp3) is 0.0625. The van der Waals surface area contributed by atoms with Crippen molar-refractivity contribution in [2.45, 2.75) is 10.6 Å². The molecule has 1 aromatic heterocycles. The summed E-state index contributed by atoms with van der Waals surface area (Å²) >= 11 is 5.22. The number of pyridine rings is 1. The third-order valence-electron chi connectivity index (χ3n) is 2.90. The van der Waals surface area contributed by atoms with Crippen molar-refractivity contribution in [3.8, 4) is 0 Å². The van der Waals surface area contributed by atoms with Gasteiger partial charge >= 0.3 is 0 Å². The number of hydrogen-bond acceptors (Lipinski definition) is 2. The first-order chi connectivity index (χ1) is 9.31. The number of nitrogens with zero attached hydrogens (tertiary/aromatic N) is 1. The molecule has 2 aromatic carbocycles. The molecule has 0 fully saturated rings. The first-order valence-electron chi connectivity index (χ1n) is 6.03. The first kappa shape index (κ1) is 12.7. The van der Waals surface area contributed by atoms with E-state index >= 15 is 0 Å². The standard InChI is InChI=1S/C16H12BrNS/c17-14-6-7-15(18-10-14)11-19-16-8-5-12-3-1-2-4-13(12)9-16/h1-10H,11H2. The minimum atomic E-state index is 0.894. The number of rotatable bonds is 3. The Morgan fingerprint density at radius 2 is 1.79 bits per heavy atom. The van der Waals surface area contributed by atoms with E-state index in [4.69, 9.17) is 0 Å². The van der Waals surface area contributed by atoms with E-state index in [0.717, 1.165) is 15.9 Å². The highest BCUT2D eigenvalue weighted by Gasteiger charge is 1.99. The van der Waals surface area contributed by atoms with Crippen LogP contribution in [0.1, 0.15) is 5.69 Å². The summed E-state index contributed by atoms with van der Waals surface area (Å²) in [4.78, 5) is 5.67. The van der Waals surface area contributed by atoms with Gasteiger partial charge in [-0.25, -0.2) is 0 Å². The van der Waals surface area contributed by atoms with Crippen LogP contribution in [0.25, 0.3) is 10.8 Å². The van der Waals surface area contributed by atoms with Gasteiger partial charge in [0.2, 0.25) is 0 Å². The van der Waals surface area contributed by atoms with E-state index < -0.39 is 0 Å². The maximum atomic E-state index is 4.39. The topological polar surface area (TPSA) is 12.9 Å². The summed E-state index contributed by atoms with van der Waals surface area (Å²) in [5.41, 5.74) is 1.10. The van der Waals surface area contributed by atoms with Crippen molar-refractivity contribution >= 4 is 38.5 Å². The second-order valence-corrected chi connectivity index (χ2v) is 6.23. The predicted octanol–water partition coefficient (Wildman–Crippen LogP) is 5.29. The molecular weight excluding hydrogens is 318 g/mol. The molecule has 19 heavy (non-hydrogen) atoms. The Morgan fingerprint density at radius 3 is 2.58 bits per heavy atom. The van der Waals surface area contributed by atoms with Crippen LogP contribution in [0, 0.1) is 0 Å². The first-order valence-corrected chi connectivity index (χ1v) is 7.81. The highest BCUT2D eigenvalue weighted by atomic mass is 79.9. The zero-order chi connectivity index (χ0) is 13.1. The number of hydrogen-bond donors (Lipinski definition) is 0. The number of halogens is 1. The van der Waals surface area contributed by atoms with Crippen LogP contribution < -0.4 is 0 Å². The molecule has 0 radical (unpaired) electrons. The lowest BCUT2D eigenvalue weighted by Crippen LogP contribution is -1.85. The Labute approximate surface area is 125 Å². The van der Waals surface area contributed by atoms with Crippen molar-refractivity contribution in [1.82, 2.24) is 4.98 Å². The van der Waals surface area contributed by atoms with Gasteiger partial charge in [0.15, 0.2) is 0 Å². The van der Waals surface area contributed by atoms with Gasteiger partial charge in [-0.2, -0.15) is 0 Å². The fourth-order valence-electron chi connectivity index (χ4n) is 1.91. The van der Waals surface area contributed by atoms with Crippen molar-refractivity contribution in [3.63, 3.8) is 0 Å². The summed E-state index contributed by atoms with van der Waals surface area (Å²) in [6.45, 7) is 0. The summed E-state index contributed by atoms with van der Waals surface area (Å²) in [6.07, 6.45) is 1.84. The van der Waals surface area contributed by atoms with E-state index in [0.29, 0.717) is 0 Å². The van der Waals surface area contributed by atoms with Gasteiger partial charge in [-0.05, 0) is 51.0 Å². The predicted molar refractivity (Wildman–Crippen MR) is 85.4 cm³/mol. The summed E-state index contributed by atoms with van der Waals surface area (Å²) in [6, 6.07) is 19.1. The highest BCUT2D eigenvalue weighted by Crippen LogP contribution is 2.26. The molecule has 0 spiro atoms. The molecule has 0 aliphatic rings. The van der Waals surface area contributed by atoms with Crippen LogP contribution in [0.5, 0.6) is 0 Å². The monoisotopic (exact) mass is 329 g/mol. The summed E-state index contributed by atoms with van der Waals surface area (Å²) in [5.74, 6) is 0.894. The Hall–Kier alpha value is -1.32. The van der Waals surface area contributed by atoms with Gasteiger partial charge in [0.1, 0.15) is 0 Å². The van der Waals surface area contributed by atoms with E-state index in [1.165, 1.54) is 15.7 Å². The van der Waals surface area contributed by atoms with Gasteiger partial charge in [-0.15, -0.1) is 11.8 Å². The number of aromatic nitrogens is 1. The van der Waals surface area contributed by atoms with Gasteiger partial charge < -0.3 is 0 Å². The third-order valence-corrected chi connectivity index (χ3v) is 4.39. The van der Waals surface area contributed by atoms with E-state index in [1.54, 1.807) is 0 Å². The van der Waals surface area contributed by atoms with E-state index in [2.05, 4.69) is 69.4 Å². The third kappa shape index (κ3) is 3.17. The second-order valence-electron chi connectivity index (χ2n) is 4.27. The SMILES string of the molecule is Brc1ccc(CSc2ccc3ccccc3c2)nc1. The van der Waals surface area contributed by atoms with E-state index in [1.807, 2.05) is 24.0 Å². The molecule has 3 rings (SSSR count). The highest BCUT2D eigenvalue weighted by molar-refractivity contribution is 9.10. The van der Waals surface area contributed by atoms with Crippen LogP contribution >= 0.6 is 27.7 Å². The molecule has 0 aliphatic heterocycles. The second kappa shape index (κ2) is 5.76. The van der Waals surface area contributed by atoms with Crippen molar-refractivity contribution < 1.29 is 0 Å². The zero-order valence-electron chi connectivity index (χ0n) is 10.2. The average Bonchev–Trinajstić information content (AvgIpc) is 2.46. The molecule has 0 N–H and O–H groups in total. The molecule has 0 amide bonds. The van der Waals surface area contributed by atoms with Gasteiger partial charge in [-0.3, -0.25) is 4.98 Å². The summed E-state index contributed by atoms with van der Waals surface area (Å²) in [7, 11) is 0. The summed E-state index contributed by atoms with van der Waals surface area (Å²) < 4.78 is 1.02. The number of fused-ring (bicyclic) bond motifs is 1. The molecule has 0 saturated carbocycles. The van der Waals surface area contributed by atoms with Crippen molar-refractivity contribution in [1.29, 1.82) is 0 Å². The molecule has 0 saturated heterocycles. The van der Waals surface area contributed by atoms with Gasteiger partial charge in [0.25, 0.3) is 0 Å². The van der Waals surface area contributed by atoms with E-state index in [-0.39, 0.29) is 0 Å². The molecule has 3 heteroatoms. The Balaban J connectivity index is 1.76. The molecule has 0 aliphatic carbocycles. The van der Waals surface area contributed by atoms with Crippen LogP contribution in [0.4, 0.5) is 0 Å². The van der Waals surface area contributed by atoms with Crippen LogP contribution in [0.3, 0.4) is 0 Å². The van der Waals surface area contributed by atoms with Crippen molar-refractivity contribution in [3.05, 3.63) is 71.0 Å². The van der Waals surface area contributed by atoms with Gasteiger partial charge in [-0.1, -0.05) is 30.3 Å². The molecule has 0 unspecified atom stereocenters. The lowest BCUT2D eigenvalue weighted by Gasteiger charge is -2.04. The number of thioether (sulfide) groups is 1. The Morgan fingerprint density at radius 1 is 0.947 bits per heavy atom. The molecule has 1 heterocycles. The quantitative estimate of drug-likeness (QED) is 0.605. The van der Waals surface area contributed by atoms with Crippen LogP contribution in [0.15, 0.2) is 70.2 Å². The average molecular weight is 330 g/mol. The smallest absolute Gasteiger partial charge is 0.0507 e. The van der Waals surface area contributed by atoms with Crippen LogP contribution in [-0.2, 0) is 5.75 Å². The lowest BCUT2D eigenvalue weighted by atomic mass is 10.1. The van der Waals surface area contributed by atoms with Gasteiger partial charge in [0.05, 0.1) is 5.69 Å². The normalized spacial score (nSPS) is 10.8. The molecule has 1 nitrogen and oxygen atoms in total. The zero-order valence-corrected chi connectivity index (χ0v) is 12.6. The minimum absolute atomic E-state index is 0.894. The Bertz CT molecular complexity index is 694. The van der Waals surface area contributed by atoms with Crippen LogP contribution in [-0.4, -0.2) is 4.98 Å². The maximum absolute atomic E-state index is 4.39. The number of benzene rings is 2. The molecule has 0 bridgehead atoms. The molecule has 94 valence electrons. The lowest BCUT2D eigenvalue weighted by molar-refractivity contribution is 1.16. The largest absolute Gasteiger partial charge is 0.259 e. The van der Waals surface area contributed by atoms with Crippen molar-refractivity contribution in [2.75, 3.05) is 0 Å². The molecule has 3 aromatic rings. The van der Waals surface area contributed by atoms with E-state index in [9.17, 15) is 0 Å². The van der Waals surface area contributed by atoms with Gasteiger partial charge in [0, 0.05) is 21.3 Å². The molecular formula is C16H12BrNS.